The molecular formula is C23H28N2O4. The SMILES string of the molecule is COc1ccc(NC2=CC(=O)N(CCO)C2=O)cc1C12CC3CC(CC(C3)C1)C2. The minimum atomic E-state index is -0.392. The highest BCUT2D eigenvalue weighted by Gasteiger charge is 2.52. The third-order valence-corrected chi connectivity index (χ3v) is 7.42. The first-order chi connectivity index (χ1) is 14.0. The highest BCUT2D eigenvalue weighted by molar-refractivity contribution is 6.17. The second-order valence-electron chi connectivity index (χ2n) is 9.31. The summed E-state index contributed by atoms with van der Waals surface area (Å²) in [6.45, 7) is -0.224. The molecule has 29 heavy (non-hydrogen) atoms. The van der Waals surface area contributed by atoms with Crippen LogP contribution >= 0.6 is 0 Å². The van der Waals surface area contributed by atoms with Gasteiger partial charge in [-0.05, 0) is 79.9 Å². The van der Waals surface area contributed by atoms with Crippen molar-refractivity contribution in [3.05, 3.63) is 35.5 Å². The van der Waals surface area contributed by atoms with Crippen LogP contribution in [0.2, 0.25) is 0 Å². The lowest BCUT2D eigenvalue weighted by molar-refractivity contribution is -0.137. The second-order valence-corrected chi connectivity index (χ2v) is 9.31. The molecule has 6 heteroatoms. The summed E-state index contributed by atoms with van der Waals surface area (Å²) in [6.07, 6.45) is 9.12. The van der Waals surface area contributed by atoms with Crippen molar-refractivity contribution in [2.75, 3.05) is 25.6 Å². The number of methoxy groups -OCH3 is 1. The molecule has 0 unspecified atom stereocenters. The Labute approximate surface area is 170 Å². The Morgan fingerprint density at radius 1 is 1.14 bits per heavy atom. The van der Waals surface area contributed by atoms with Gasteiger partial charge in [0.25, 0.3) is 11.8 Å². The van der Waals surface area contributed by atoms with Gasteiger partial charge in [0.15, 0.2) is 0 Å². The topological polar surface area (TPSA) is 78.9 Å². The zero-order valence-corrected chi connectivity index (χ0v) is 16.8. The first-order valence-electron chi connectivity index (χ1n) is 10.7. The van der Waals surface area contributed by atoms with Gasteiger partial charge in [-0.1, -0.05) is 0 Å². The van der Waals surface area contributed by atoms with Gasteiger partial charge in [0.2, 0.25) is 0 Å². The van der Waals surface area contributed by atoms with Crippen LogP contribution in [0.1, 0.15) is 44.1 Å². The smallest absolute Gasteiger partial charge is 0.277 e. The number of carbonyl (C=O) groups excluding carboxylic acids is 2. The Bertz CT molecular complexity index is 856. The highest BCUT2D eigenvalue weighted by atomic mass is 16.5. The van der Waals surface area contributed by atoms with Gasteiger partial charge in [0.05, 0.1) is 20.3 Å². The molecule has 0 aromatic heterocycles. The highest BCUT2D eigenvalue weighted by Crippen LogP contribution is 2.62. The van der Waals surface area contributed by atoms with Crippen molar-refractivity contribution in [1.29, 1.82) is 0 Å². The fraction of sp³-hybridized carbons (Fsp3) is 0.565. The van der Waals surface area contributed by atoms with Crippen LogP contribution in [0.5, 0.6) is 5.75 Å². The minimum absolute atomic E-state index is 0.0144. The first-order valence-corrected chi connectivity index (χ1v) is 10.7. The van der Waals surface area contributed by atoms with E-state index in [1.165, 1.54) is 50.2 Å². The van der Waals surface area contributed by atoms with Gasteiger partial charge in [-0.25, -0.2) is 0 Å². The third kappa shape index (κ3) is 3.05. The van der Waals surface area contributed by atoms with E-state index < -0.39 is 5.91 Å². The zero-order chi connectivity index (χ0) is 20.2. The number of ether oxygens (including phenoxy) is 1. The van der Waals surface area contributed by atoms with E-state index >= 15 is 0 Å². The number of anilines is 1. The third-order valence-electron chi connectivity index (χ3n) is 7.42. The molecule has 0 spiro atoms. The molecule has 4 saturated carbocycles. The summed E-state index contributed by atoms with van der Waals surface area (Å²) < 4.78 is 5.75. The normalized spacial score (nSPS) is 32.7. The quantitative estimate of drug-likeness (QED) is 0.723. The van der Waals surface area contributed by atoms with E-state index in [4.69, 9.17) is 9.84 Å². The number of amides is 2. The van der Waals surface area contributed by atoms with Crippen LogP contribution < -0.4 is 10.1 Å². The van der Waals surface area contributed by atoms with Crippen LogP contribution in [0.4, 0.5) is 5.69 Å². The van der Waals surface area contributed by atoms with Crippen LogP contribution in [0.25, 0.3) is 0 Å². The van der Waals surface area contributed by atoms with E-state index in [2.05, 4.69) is 11.4 Å². The van der Waals surface area contributed by atoms with Gasteiger partial charge in [-0.3, -0.25) is 14.5 Å². The number of β-amino-alcohol motifs (C(OH)–C–C–N with tert-alkyl or cyclic N) is 1. The number of benzene rings is 1. The Kier molecular flexibility index (Phi) is 4.42. The van der Waals surface area contributed by atoms with E-state index in [1.54, 1.807) is 7.11 Å². The Balaban J connectivity index is 1.45. The second kappa shape index (κ2) is 6.87. The molecule has 2 amide bonds. The number of hydrogen-bond acceptors (Lipinski definition) is 5. The van der Waals surface area contributed by atoms with E-state index in [0.29, 0.717) is 0 Å². The van der Waals surface area contributed by atoms with E-state index in [1.807, 2.05) is 12.1 Å². The van der Waals surface area contributed by atoms with E-state index in [0.717, 1.165) is 34.1 Å². The molecule has 6 nitrogen and oxygen atoms in total. The van der Waals surface area contributed by atoms with Gasteiger partial charge >= 0.3 is 0 Å². The number of aliphatic hydroxyl groups is 1. The molecule has 0 saturated heterocycles. The number of aliphatic hydroxyl groups excluding tert-OH is 1. The summed E-state index contributed by atoms with van der Waals surface area (Å²) in [5.41, 5.74) is 2.47. The predicted molar refractivity (Wildman–Crippen MR) is 108 cm³/mol. The summed E-state index contributed by atoms with van der Waals surface area (Å²) in [5.74, 6) is 2.61. The van der Waals surface area contributed by atoms with Crippen LogP contribution in [-0.2, 0) is 15.0 Å². The van der Waals surface area contributed by atoms with Crippen molar-refractivity contribution in [2.45, 2.75) is 43.9 Å². The van der Waals surface area contributed by atoms with E-state index in [9.17, 15) is 9.59 Å². The molecule has 1 aromatic rings. The predicted octanol–water partition coefficient (Wildman–Crippen LogP) is 2.82. The monoisotopic (exact) mass is 396 g/mol. The summed E-state index contributed by atoms with van der Waals surface area (Å²) in [7, 11) is 1.72. The van der Waals surface area contributed by atoms with Gasteiger partial charge in [0, 0.05) is 17.3 Å². The molecule has 154 valence electrons. The summed E-state index contributed by atoms with van der Waals surface area (Å²) >= 11 is 0. The first kappa shape index (κ1) is 18.7. The van der Waals surface area contributed by atoms with Crippen LogP contribution in [-0.4, -0.2) is 42.1 Å². The Morgan fingerprint density at radius 3 is 2.38 bits per heavy atom. The lowest BCUT2D eigenvalue weighted by Crippen LogP contribution is -2.48. The maximum atomic E-state index is 12.5. The van der Waals surface area contributed by atoms with Crippen LogP contribution in [0.15, 0.2) is 30.0 Å². The molecule has 5 aliphatic rings. The zero-order valence-electron chi connectivity index (χ0n) is 16.8. The molecule has 4 bridgehead atoms. The summed E-state index contributed by atoms with van der Waals surface area (Å²) in [4.78, 5) is 25.6. The molecule has 0 atom stereocenters. The van der Waals surface area contributed by atoms with Crippen LogP contribution in [0, 0.1) is 17.8 Å². The lowest BCUT2D eigenvalue weighted by Gasteiger charge is -2.57. The van der Waals surface area contributed by atoms with Crippen molar-refractivity contribution in [3.63, 3.8) is 0 Å². The fourth-order valence-electron chi connectivity index (χ4n) is 6.71. The molecule has 1 aromatic carbocycles. The summed E-state index contributed by atoms with van der Waals surface area (Å²) in [5, 5.41) is 12.2. The van der Waals surface area contributed by atoms with E-state index in [-0.39, 0.29) is 30.2 Å². The van der Waals surface area contributed by atoms with Crippen molar-refractivity contribution >= 4 is 17.5 Å². The molecule has 1 heterocycles. The maximum Gasteiger partial charge on any atom is 0.277 e. The molecular weight excluding hydrogens is 368 g/mol. The number of imide groups is 1. The number of rotatable bonds is 6. The number of nitrogens with zero attached hydrogens (tertiary/aromatic N) is 1. The molecule has 0 radical (unpaired) electrons. The van der Waals surface area contributed by atoms with Gasteiger partial charge in [-0.15, -0.1) is 0 Å². The number of nitrogens with one attached hydrogen (secondary N) is 1. The average Bonchev–Trinajstić information content (AvgIpc) is 2.95. The van der Waals surface area contributed by atoms with Gasteiger partial charge < -0.3 is 15.2 Å². The van der Waals surface area contributed by atoms with Gasteiger partial charge in [-0.2, -0.15) is 0 Å². The minimum Gasteiger partial charge on any atom is -0.496 e. The fourth-order valence-corrected chi connectivity index (χ4v) is 6.71. The largest absolute Gasteiger partial charge is 0.496 e. The molecule has 1 aliphatic heterocycles. The van der Waals surface area contributed by atoms with Crippen LogP contribution in [0.3, 0.4) is 0 Å². The van der Waals surface area contributed by atoms with Crippen molar-refractivity contribution in [3.8, 4) is 5.75 Å². The lowest BCUT2D eigenvalue weighted by atomic mass is 9.48. The Hall–Kier alpha value is -2.34. The molecule has 4 aliphatic carbocycles. The number of hydrogen-bond donors (Lipinski definition) is 2. The maximum absolute atomic E-state index is 12.5. The molecule has 2 N–H and O–H groups in total. The van der Waals surface area contributed by atoms with Crippen molar-refractivity contribution in [1.82, 2.24) is 4.90 Å². The van der Waals surface area contributed by atoms with Gasteiger partial charge in [0.1, 0.15) is 11.4 Å². The van der Waals surface area contributed by atoms with Crippen molar-refractivity contribution < 1.29 is 19.4 Å². The summed E-state index contributed by atoms with van der Waals surface area (Å²) in [6, 6.07) is 6.00. The molecule has 6 rings (SSSR count). The Morgan fingerprint density at radius 2 is 1.79 bits per heavy atom. The molecule has 4 fully saturated rings. The number of carbonyl (C=O) groups is 2. The average molecular weight is 396 g/mol. The van der Waals surface area contributed by atoms with Crippen molar-refractivity contribution in [2.24, 2.45) is 17.8 Å². The standard InChI is InChI=1S/C23H28N2O4/c1-29-20-3-2-17(24-19-10-21(27)25(4-5-26)22(19)28)9-18(20)23-11-14-6-15(12-23)8-16(7-14)13-23/h2-3,9-10,14-16,24,26H,4-8,11-13H2,1H3.